The van der Waals surface area contributed by atoms with Crippen molar-refractivity contribution in [3.63, 3.8) is 0 Å². The van der Waals surface area contributed by atoms with Gasteiger partial charge in [0.25, 0.3) is 5.91 Å². The van der Waals surface area contributed by atoms with Gasteiger partial charge in [0.1, 0.15) is 11.3 Å². The van der Waals surface area contributed by atoms with Gasteiger partial charge in [-0.05, 0) is 62.2 Å². The fourth-order valence-corrected chi connectivity index (χ4v) is 3.78. The maximum Gasteiger partial charge on any atom is 0.258 e. The van der Waals surface area contributed by atoms with Crippen LogP contribution in [-0.4, -0.2) is 38.9 Å². The molecule has 0 spiro atoms. The highest BCUT2D eigenvalue weighted by Gasteiger charge is 2.17. The van der Waals surface area contributed by atoms with Gasteiger partial charge < -0.3 is 15.2 Å². The van der Waals surface area contributed by atoms with E-state index in [1.165, 1.54) is 18.5 Å². The van der Waals surface area contributed by atoms with Crippen LogP contribution >= 0.6 is 0 Å². The molecule has 4 heterocycles. The lowest BCUT2D eigenvalue weighted by atomic mass is 10.2. The van der Waals surface area contributed by atoms with Gasteiger partial charge >= 0.3 is 0 Å². The fraction of sp³-hybridized carbons (Fsp3) is 0.217. The summed E-state index contributed by atoms with van der Waals surface area (Å²) in [5.74, 6) is 0.457. The molecule has 0 aliphatic carbocycles. The van der Waals surface area contributed by atoms with E-state index >= 15 is 0 Å². The van der Waals surface area contributed by atoms with E-state index in [0.29, 0.717) is 28.2 Å². The van der Waals surface area contributed by atoms with Crippen molar-refractivity contribution < 1.29 is 4.79 Å². The van der Waals surface area contributed by atoms with Gasteiger partial charge in [0.15, 0.2) is 5.65 Å². The second-order valence-electron chi connectivity index (χ2n) is 7.52. The number of anilines is 2. The molecule has 150 valence electrons. The molecule has 1 saturated heterocycles. The molecule has 5 rings (SSSR count). The quantitative estimate of drug-likeness (QED) is 0.538. The largest absolute Gasteiger partial charge is 0.372 e. The number of aromatic amines is 1. The number of carbonyl (C=O) groups is 1. The Morgan fingerprint density at radius 3 is 2.57 bits per heavy atom. The number of hydrogen-bond acceptors (Lipinski definition) is 5. The molecule has 1 amide bonds. The van der Waals surface area contributed by atoms with Crippen LogP contribution in [0.1, 0.15) is 28.9 Å². The van der Waals surface area contributed by atoms with Crippen molar-refractivity contribution >= 4 is 28.4 Å². The summed E-state index contributed by atoms with van der Waals surface area (Å²) < 4.78 is 0. The summed E-state index contributed by atoms with van der Waals surface area (Å²) >= 11 is 0. The molecular formula is C23H22N6O. The van der Waals surface area contributed by atoms with Crippen LogP contribution in [0.2, 0.25) is 0 Å². The van der Waals surface area contributed by atoms with E-state index in [1.807, 2.05) is 19.1 Å². The Labute approximate surface area is 174 Å². The number of rotatable bonds is 4. The zero-order valence-corrected chi connectivity index (χ0v) is 16.7. The Kier molecular flexibility index (Phi) is 4.63. The predicted octanol–water partition coefficient (Wildman–Crippen LogP) is 4.18. The predicted molar refractivity (Wildman–Crippen MR) is 118 cm³/mol. The van der Waals surface area contributed by atoms with Crippen LogP contribution < -0.4 is 10.2 Å². The van der Waals surface area contributed by atoms with Crippen LogP contribution in [-0.2, 0) is 0 Å². The number of nitrogens with zero attached hydrogens (tertiary/aromatic N) is 4. The number of carbonyl (C=O) groups excluding carboxylic acids is 1. The first-order valence-electron chi connectivity index (χ1n) is 10.1. The average molecular weight is 398 g/mol. The summed E-state index contributed by atoms with van der Waals surface area (Å²) in [6, 6.07) is 13.7. The van der Waals surface area contributed by atoms with Gasteiger partial charge in [-0.15, -0.1) is 0 Å². The number of aryl methyl sites for hydroxylation is 1. The summed E-state index contributed by atoms with van der Waals surface area (Å²) in [6.07, 6.45) is 5.76. The normalized spacial score (nSPS) is 13.7. The maximum atomic E-state index is 12.8. The van der Waals surface area contributed by atoms with E-state index in [9.17, 15) is 4.79 Å². The van der Waals surface area contributed by atoms with Crippen LogP contribution in [0.3, 0.4) is 0 Å². The van der Waals surface area contributed by atoms with Crippen molar-refractivity contribution in [2.24, 2.45) is 0 Å². The van der Waals surface area contributed by atoms with Gasteiger partial charge in [0, 0.05) is 36.2 Å². The third-order valence-electron chi connectivity index (χ3n) is 5.41. The Balaban J connectivity index is 1.43. The molecule has 3 aromatic heterocycles. The van der Waals surface area contributed by atoms with Gasteiger partial charge in [0.05, 0.1) is 17.4 Å². The van der Waals surface area contributed by atoms with Crippen LogP contribution in [0.25, 0.3) is 22.6 Å². The number of hydrogen-bond donors (Lipinski definition) is 2. The van der Waals surface area contributed by atoms with Crippen molar-refractivity contribution in [2.75, 3.05) is 23.3 Å². The van der Waals surface area contributed by atoms with Crippen molar-refractivity contribution in [3.8, 4) is 11.4 Å². The zero-order valence-electron chi connectivity index (χ0n) is 16.7. The number of nitrogens with one attached hydrogen (secondary N) is 2. The van der Waals surface area contributed by atoms with Crippen LogP contribution in [0.4, 0.5) is 11.4 Å². The molecule has 7 nitrogen and oxygen atoms in total. The molecular weight excluding hydrogens is 376 g/mol. The lowest BCUT2D eigenvalue weighted by Gasteiger charge is -2.17. The Morgan fingerprint density at radius 2 is 1.83 bits per heavy atom. The van der Waals surface area contributed by atoms with Gasteiger partial charge in [-0.3, -0.25) is 9.78 Å². The highest BCUT2D eigenvalue weighted by molar-refractivity contribution is 6.11. The number of fused-ring (bicyclic) bond motifs is 1. The second-order valence-corrected chi connectivity index (χ2v) is 7.52. The van der Waals surface area contributed by atoms with Gasteiger partial charge in [-0.1, -0.05) is 0 Å². The van der Waals surface area contributed by atoms with E-state index in [2.05, 4.69) is 54.4 Å². The summed E-state index contributed by atoms with van der Waals surface area (Å²) in [4.78, 5) is 31.7. The SMILES string of the molecule is Cc1ccc(NC(=O)c2ccnc3[nH]c(-c4ccc(N5CCCC5)cc4)nc23)cn1. The van der Waals surface area contributed by atoms with Crippen LogP contribution in [0.5, 0.6) is 0 Å². The standard InChI is InChI=1S/C23H22N6O/c1-15-4-7-17(14-25-15)26-23(30)19-10-11-24-22-20(19)27-21(28-22)16-5-8-18(9-6-16)29-12-2-3-13-29/h4-11,14H,2-3,12-13H2,1H3,(H,26,30)(H,24,27,28). The third-order valence-corrected chi connectivity index (χ3v) is 5.41. The van der Waals surface area contributed by atoms with Crippen LogP contribution in [0, 0.1) is 6.92 Å². The average Bonchev–Trinajstić information content (AvgIpc) is 3.45. The zero-order chi connectivity index (χ0) is 20.5. The van der Waals surface area contributed by atoms with Gasteiger partial charge in [-0.2, -0.15) is 0 Å². The minimum Gasteiger partial charge on any atom is -0.372 e. The van der Waals surface area contributed by atoms with Crippen molar-refractivity contribution in [3.05, 3.63) is 66.1 Å². The van der Waals surface area contributed by atoms with E-state index < -0.39 is 0 Å². The van der Waals surface area contributed by atoms with Crippen LogP contribution in [0.15, 0.2) is 54.9 Å². The van der Waals surface area contributed by atoms with Gasteiger partial charge in [0.2, 0.25) is 0 Å². The monoisotopic (exact) mass is 398 g/mol. The van der Waals surface area contributed by atoms with Crippen molar-refractivity contribution in [2.45, 2.75) is 19.8 Å². The topological polar surface area (TPSA) is 86.8 Å². The molecule has 1 fully saturated rings. The minimum atomic E-state index is -0.240. The summed E-state index contributed by atoms with van der Waals surface area (Å²) in [6.45, 7) is 4.13. The minimum absolute atomic E-state index is 0.240. The maximum absolute atomic E-state index is 12.8. The van der Waals surface area contributed by atoms with E-state index in [1.54, 1.807) is 18.5 Å². The molecule has 0 radical (unpaired) electrons. The molecule has 4 aromatic rings. The first-order chi connectivity index (χ1) is 14.7. The molecule has 7 heteroatoms. The third kappa shape index (κ3) is 3.50. The molecule has 0 unspecified atom stereocenters. The van der Waals surface area contributed by atoms with Gasteiger partial charge in [-0.25, -0.2) is 9.97 Å². The number of pyridine rings is 2. The summed E-state index contributed by atoms with van der Waals surface area (Å²) in [5.41, 5.74) is 5.34. The second kappa shape index (κ2) is 7.59. The Morgan fingerprint density at radius 1 is 1.03 bits per heavy atom. The number of H-pyrrole nitrogens is 1. The van der Waals surface area contributed by atoms with E-state index in [-0.39, 0.29) is 5.91 Å². The highest BCUT2D eigenvalue weighted by Crippen LogP contribution is 2.26. The molecule has 1 aromatic carbocycles. The molecule has 2 N–H and O–H groups in total. The molecule has 0 atom stereocenters. The van der Waals surface area contributed by atoms with E-state index in [0.717, 1.165) is 24.3 Å². The van der Waals surface area contributed by atoms with Crippen molar-refractivity contribution in [1.29, 1.82) is 0 Å². The Hall–Kier alpha value is -3.74. The molecule has 1 aliphatic heterocycles. The lowest BCUT2D eigenvalue weighted by molar-refractivity contribution is 0.102. The first-order valence-corrected chi connectivity index (χ1v) is 10.1. The molecule has 30 heavy (non-hydrogen) atoms. The lowest BCUT2D eigenvalue weighted by Crippen LogP contribution is -2.17. The molecule has 0 bridgehead atoms. The molecule has 0 saturated carbocycles. The Bertz CT molecular complexity index is 1190. The van der Waals surface area contributed by atoms with E-state index in [4.69, 9.17) is 0 Å². The number of imidazole rings is 1. The smallest absolute Gasteiger partial charge is 0.258 e. The number of benzene rings is 1. The first kappa shape index (κ1) is 18.3. The fourth-order valence-electron chi connectivity index (χ4n) is 3.78. The summed E-state index contributed by atoms with van der Waals surface area (Å²) in [5, 5.41) is 2.88. The summed E-state index contributed by atoms with van der Waals surface area (Å²) in [7, 11) is 0. The highest BCUT2D eigenvalue weighted by atomic mass is 16.1. The molecule has 1 aliphatic rings. The number of aromatic nitrogens is 4. The van der Waals surface area contributed by atoms with Crippen molar-refractivity contribution in [1.82, 2.24) is 19.9 Å². The number of amides is 1.